The van der Waals surface area contributed by atoms with Crippen LogP contribution in [0, 0.1) is 34.5 Å². The summed E-state index contributed by atoms with van der Waals surface area (Å²) in [4.78, 5) is 41.2. The molecular weight excluding hydrogens is 392 g/mol. The molecule has 1 N–H and O–H groups in total. The summed E-state index contributed by atoms with van der Waals surface area (Å²) < 4.78 is 0. The van der Waals surface area contributed by atoms with Crippen LogP contribution in [0.2, 0.25) is 0 Å². The van der Waals surface area contributed by atoms with Crippen LogP contribution in [0.4, 0.5) is 0 Å². The maximum atomic E-state index is 13.4. The number of likely N-dealkylation sites (tertiary alicyclic amines) is 1. The lowest BCUT2D eigenvalue weighted by Crippen LogP contribution is -2.59. The summed E-state index contributed by atoms with van der Waals surface area (Å²) >= 11 is 0. The van der Waals surface area contributed by atoms with Crippen LogP contribution in [0.1, 0.15) is 66.2 Å². The second kappa shape index (κ2) is 7.93. The van der Waals surface area contributed by atoms with Gasteiger partial charge < -0.3 is 14.9 Å². The standard InChI is InChI=1S/C25H38N2O4/c1-5-26(6-2)23(31)20-8-7-18-17-14-27(15-22(29)30)21-13-16(28)9-11-25(21,4)19(17)10-12-24(18,20)3/h13,17-20H,5-12,14-15H2,1-4H3,(H,29,30)/t17-,18-,19+,20?,24-,25+/m0/s1. The average Bonchev–Trinajstić information content (AvgIpc) is 3.07. The second-order valence-electron chi connectivity index (χ2n) is 10.7. The van der Waals surface area contributed by atoms with E-state index in [2.05, 4.69) is 27.7 Å². The highest BCUT2D eigenvalue weighted by molar-refractivity contribution is 5.91. The van der Waals surface area contributed by atoms with Gasteiger partial charge in [0.15, 0.2) is 5.78 Å². The number of carbonyl (C=O) groups excluding carboxylic acids is 2. The van der Waals surface area contributed by atoms with Gasteiger partial charge in [-0.3, -0.25) is 14.4 Å². The molecule has 1 amide bonds. The lowest BCUT2D eigenvalue weighted by Gasteiger charge is -2.60. The molecule has 1 unspecified atom stereocenters. The van der Waals surface area contributed by atoms with Crippen LogP contribution in [-0.2, 0) is 14.4 Å². The van der Waals surface area contributed by atoms with Gasteiger partial charge in [0, 0.05) is 49.2 Å². The first-order valence-corrected chi connectivity index (χ1v) is 12.2. The zero-order valence-corrected chi connectivity index (χ0v) is 19.5. The quantitative estimate of drug-likeness (QED) is 0.721. The van der Waals surface area contributed by atoms with E-state index in [1.54, 1.807) is 6.08 Å². The van der Waals surface area contributed by atoms with Gasteiger partial charge in [0.1, 0.15) is 6.54 Å². The van der Waals surface area contributed by atoms with E-state index in [9.17, 15) is 19.5 Å². The number of piperidine rings is 1. The Bertz CT molecular complexity index is 803. The van der Waals surface area contributed by atoms with Crippen molar-refractivity contribution in [2.75, 3.05) is 26.2 Å². The van der Waals surface area contributed by atoms with Crippen LogP contribution < -0.4 is 0 Å². The number of allylic oxidation sites excluding steroid dienone is 2. The summed E-state index contributed by atoms with van der Waals surface area (Å²) in [6.07, 6.45) is 7.18. The van der Waals surface area contributed by atoms with E-state index < -0.39 is 5.97 Å². The number of ketones is 1. The number of carboxylic acids is 1. The third-order valence-corrected chi connectivity index (χ3v) is 9.50. The fourth-order valence-corrected chi connectivity index (χ4v) is 7.89. The van der Waals surface area contributed by atoms with Crippen molar-refractivity contribution in [2.24, 2.45) is 34.5 Å². The predicted octanol–water partition coefficient (Wildman–Crippen LogP) is 3.57. The molecule has 2 saturated carbocycles. The molecule has 0 bridgehead atoms. The fourth-order valence-electron chi connectivity index (χ4n) is 7.89. The van der Waals surface area contributed by atoms with E-state index in [0.717, 1.165) is 50.9 Å². The number of aliphatic carboxylic acids is 1. The molecule has 6 atom stereocenters. The minimum atomic E-state index is -0.848. The second-order valence-corrected chi connectivity index (χ2v) is 10.7. The molecular formula is C25H38N2O4. The smallest absolute Gasteiger partial charge is 0.323 e. The lowest BCUT2D eigenvalue weighted by molar-refractivity contribution is -0.145. The Morgan fingerprint density at radius 2 is 1.84 bits per heavy atom. The first kappa shape index (κ1) is 22.3. The van der Waals surface area contributed by atoms with Gasteiger partial charge in [-0.05, 0) is 69.1 Å². The van der Waals surface area contributed by atoms with Crippen LogP contribution in [0.25, 0.3) is 0 Å². The molecule has 3 aliphatic carbocycles. The highest BCUT2D eigenvalue weighted by Crippen LogP contribution is 2.65. The summed E-state index contributed by atoms with van der Waals surface area (Å²) in [5.41, 5.74) is 0.789. The summed E-state index contributed by atoms with van der Waals surface area (Å²) in [7, 11) is 0. The molecule has 1 heterocycles. The highest BCUT2D eigenvalue weighted by atomic mass is 16.4. The highest BCUT2D eigenvalue weighted by Gasteiger charge is 2.61. The average molecular weight is 431 g/mol. The van der Waals surface area contributed by atoms with E-state index in [4.69, 9.17) is 0 Å². The summed E-state index contributed by atoms with van der Waals surface area (Å²) in [6, 6.07) is 0. The van der Waals surface area contributed by atoms with Gasteiger partial charge in [-0.25, -0.2) is 0 Å². The summed E-state index contributed by atoms with van der Waals surface area (Å²) in [5.74, 6) is 0.918. The van der Waals surface area contributed by atoms with Crippen molar-refractivity contribution >= 4 is 17.7 Å². The Morgan fingerprint density at radius 1 is 1.13 bits per heavy atom. The lowest BCUT2D eigenvalue weighted by atomic mass is 9.49. The number of rotatable bonds is 5. The molecule has 31 heavy (non-hydrogen) atoms. The number of nitrogens with zero attached hydrogens (tertiary/aromatic N) is 2. The Labute approximate surface area is 186 Å². The molecule has 6 nitrogen and oxygen atoms in total. The third kappa shape index (κ3) is 3.41. The van der Waals surface area contributed by atoms with Gasteiger partial charge in [0.05, 0.1) is 0 Å². The molecule has 6 heteroatoms. The summed E-state index contributed by atoms with van der Waals surface area (Å²) in [5, 5.41) is 9.57. The molecule has 1 aliphatic heterocycles. The molecule has 4 rings (SSSR count). The monoisotopic (exact) mass is 430 g/mol. The van der Waals surface area contributed by atoms with E-state index in [0.29, 0.717) is 36.6 Å². The van der Waals surface area contributed by atoms with E-state index >= 15 is 0 Å². The van der Waals surface area contributed by atoms with Crippen molar-refractivity contribution in [1.82, 2.24) is 9.80 Å². The van der Waals surface area contributed by atoms with Crippen LogP contribution in [-0.4, -0.2) is 58.7 Å². The first-order chi connectivity index (χ1) is 14.7. The van der Waals surface area contributed by atoms with Crippen molar-refractivity contribution in [1.29, 1.82) is 0 Å². The molecule has 4 aliphatic rings. The molecule has 0 radical (unpaired) electrons. The van der Waals surface area contributed by atoms with Crippen molar-refractivity contribution in [2.45, 2.75) is 66.2 Å². The fraction of sp³-hybridized carbons (Fsp3) is 0.800. The van der Waals surface area contributed by atoms with Gasteiger partial charge in [-0.1, -0.05) is 13.8 Å². The van der Waals surface area contributed by atoms with Gasteiger partial charge in [0.2, 0.25) is 5.91 Å². The largest absolute Gasteiger partial charge is 0.480 e. The van der Waals surface area contributed by atoms with E-state index in [1.165, 1.54) is 0 Å². The number of amides is 1. The number of hydrogen-bond donors (Lipinski definition) is 1. The van der Waals surface area contributed by atoms with Gasteiger partial charge in [-0.2, -0.15) is 0 Å². The molecule has 172 valence electrons. The number of carbonyl (C=O) groups is 3. The molecule has 1 saturated heterocycles. The zero-order chi connectivity index (χ0) is 22.6. The van der Waals surface area contributed by atoms with Crippen LogP contribution in [0.15, 0.2) is 11.8 Å². The number of carboxylic acid groups (broad SMARTS) is 1. The van der Waals surface area contributed by atoms with Crippen molar-refractivity contribution in [3.63, 3.8) is 0 Å². The number of fused-ring (bicyclic) bond motifs is 5. The maximum Gasteiger partial charge on any atom is 0.323 e. The van der Waals surface area contributed by atoms with Crippen molar-refractivity contribution in [3.8, 4) is 0 Å². The molecule has 0 spiro atoms. The van der Waals surface area contributed by atoms with E-state index in [-0.39, 0.29) is 29.1 Å². The minimum Gasteiger partial charge on any atom is -0.480 e. The van der Waals surface area contributed by atoms with Crippen molar-refractivity contribution < 1.29 is 19.5 Å². The predicted molar refractivity (Wildman–Crippen MR) is 118 cm³/mol. The third-order valence-electron chi connectivity index (χ3n) is 9.50. The Balaban J connectivity index is 1.67. The van der Waals surface area contributed by atoms with Gasteiger partial charge >= 0.3 is 5.97 Å². The Hall–Kier alpha value is -1.85. The molecule has 0 aromatic heterocycles. The zero-order valence-electron chi connectivity index (χ0n) is 19.5. The van der Waals surface area contributed by atoms with Crippen LogP contribution in [0.5, 0.6) is 0 Å². The molecule has 3 fully saturated rings. The molecule has 0 aromatic rings. The van der Waals surface area contributed by atoms with Gasteiger partial charge in [-0.15, -0.1) is 0 Å². The SMILES string of the molecule is CCN(CC)C(=O)C1CC[C@H]2[C@@H]3CN(CC(=O)O)C4=CC(=O)CC[C@]4(C)[C@@H]3CC[C@]12C. The topological polar surface area (TPSA) is 77.9 Å². The van der Waals surface area contributed by atoms with Crippen LogP contribution >= 0.6 is 0 Å². The van der Waals surface area contributed by atoms with Crippen LogP contribution in [0.3, 0.4) is 0 Å². The first-order valence-electron chi connectivity index (χ1n) is 12.2. The summed E-state index contributed by atoms with van der Waals surface area (Å²) in [6.45, 7) is 10.8. The molecule has 0 aromatic carbocycles. The Morgan fingerprint density at radius 3 is 2.48 bits per heavy atom. The number of hydrogen-bond acceptors (Lipinski definition) is 4. The minimum absolute atomic E-state index is 0.0161. The normalized spacial score (nSPS) is 39.3. The van der Waals surface area contributed by atoms with E-state index in [1.807, 2.05) is 9.80 Å². The van der Waals surface area contributed by atoms with Gasteiger partial charge in [0.25, 0.3) is 0 Å². The van der Waals surface area contributed by atoms with Crippen molar-refractivity contribution in [3.05, 3.63) is 11.8 Å². The Kier molecular flexibility index (Phi) is 5.72. The maximum absolute atomic E-state index is 13.4.